The second kappa shape index (κ2) is 10.4. The predicted molar refractivity (Wildman–Crippen MR) is 128 cm³/mol. The molecule has 3 rings (SSSR count). The van der Waals surface area contributed by atoms with Crippen LogP contribution in [0.15, 0.2) is 70.0 Å². The molecule has 2 aromatic carbocycles. The van der Waals surface area contributed by atoms with Gasteiger partial charge in [0.15, 0.2) is 0 Å². The molecule has 9 heteroatoms. The van der Waals surface area contributed by atoms with Crippen LogP contribution in [-0.4, -0.2) is 33.7 Å². The lowest BCUT2D eigenvalue weighted by molar-refractivity contribution is -0.119. The highest BCUT2D eigenvalue weighted by Gasteiger charge is 2.27. The minimum atomic E-state index is -4.00. The van der Waals surface area contributed by atoms with Gasteiger partial charge in [-0.3, -0.25) is 9.10 Å². The number of hydrogen-bond donors (Lipinski definition) is 1. The minimum absolute atomic E-state index is 0.0621. The van der Waals surface area contributed by atoms with Crippen molar-refractivity contribution >= 4 is 39.2 Å². The molecular formula is C23H25N3O4S2. The van der Waals surface area contributed by atoms with Gasteiger partial charge in [0.2, 0.25) is 0 Å². The van der Waals surface area contributed by atoms with Crippen molar-refractivity contribution in [2.45, 2.75) is 25.7 Å². The molecule has 1 heterocycles. The number of rotatable bonds is 9. The fourth-order valence-electron chi connectivity index (χ4n) is 2.87. The van der Waals surface area contributed by atoms with Crippen LogP contribution in [0.3, 0.4) is 0 Å². The first kappa shape index (κ1) is 23.5. The van der Waals surface area contributed by atoms with Crippen LogP contribution < -0.4 is 14.5 Å². The van der Waals surface area contributed by atoms with E-state index in [-0.39, 0.29) is 4.90 Å². The molecule has 0 saturated carbocycles. The number of anilines is 1. The Morgan fingerprint density at radius 2 is 1.78 bits per heavy atom. The molecule has 0 fully saturated rings. The van der Waals surface area contributed by atoms with Crippen molar-refractivity contribution in [3.8, 4) is 5.75 Å². The summed E-state index contributed by atoms with van der Waals surface area (Å²) >= 11 is 1.50. The first-order chi connectivity index (χ1) is 15.3. The molecule has 168 valence electrons. The lowest BCUT2D eigenvalue weighted by atomic mass is 10.2. The number of ether oxygens (including phenoxy) is 1. The summed E-state index contributed by atoms with van der Waals surface area (Å²) in [5, 5.41) is 5.90. The Morgan fingerprint density at radius 3 is 2.38 bits per heavy atom. The number of carbonyl (C=O) groups is 1. The molecule has 0 saturated heterocycles. The van der Waals surface area contributed by atoms with Crippen LogP contribution in [0.1, 0.15) is 22.9 Å². The number of carbonyl (C=O) groups excluding carboxylic acids is 1. The molecule has 0 aliphatic carbocycles. The zero-order valence-electron chi connectivity index (χ0n) is 18.1. The summed E-state index contributed by atoms with van der Waals surface area (Å²) in [5.41, 5.74) is 4.83. The fourth-order valence-corrected chi connectivity index (χ4v) is 5.08. The average molecular weight is 472 g/mol. The Hall–Kier alpha value is -3.17. The number of benzene rings is 2. The lowest BCUT2D eigenvalue weighted by Gasteiger charge is -2.24. The molecule has 1 N–H and O–H groups in total. The molecule has 1 aromatic heterocycles. The van der Waals surface area contributed by atoms with Crippen LogP contribution in [-0.2, 0) is 14.8 Å². The number of hydrogen-bond acceptors (Lipinski definition) is 6. The number of amides is 1. The molecule has 32 heavy (non-hydrogen) atoms. The minimum Gasteiger partial charge on any atom is -0.494 e. The number of nitrogens with one attached hydrogen (secondary N) is 1. The Morgan fingerprint density at radius 1 is 1.09 bits per heavy atom. The molecule has 0 aliphatic rings. The fraction of sp³-hybridized carbons (Fsp3) is 0.217. The SMILES string of the molecule is CCOc1ccc(S(=O)(=O)N(CC(=O)N/N=C\c2sccc2C)c2ccc(C)cc2)cc1. The van der Waals surface area contributed by atoms with Crippen LogP contribution in [0.25, 0.3) is 0 Å². The monoisotopic (exact) mass is 471 g/mol. The van der Waals surface area contributed by atoms with Crippen molar-refractivity contribution in [2.75, 3.05) is 17.5 Å². The van der Waals surface area contributed by atoms with Gasteiger partial charge < -0.3 is 4.74 Å². The third-order valence-corrected chi connectivity index (χ3v) is 7.35. The van der Waals surface area contributed by atoms with E-state index in [2.05, 4.69) is 10.5 Å². The second-order valence-electron chi connectivity index (χ2n) is 7.01. The van der Waals surface area contributed by atoms with Gasteiger partial charge in [-0.05, 0) is 74.2 Å². The van der Waals surface area contributed by atoms with E-state index >= 15 is 0 Å². The number of nitrogens with zero attached hydrogens (tertiary/aromatic N) is 2. The first-order valence-electron chi connectivity index (χ1n) is 9.99. The van der Waals surface area contributed by atoms with Crippen molar-refractivity contribution in [1.82, 2.24) is 5.43 Å². The molecule has 0 atom stereocenters. The van der Waals surface area contributed by atoms with Crippen molar-refractivity contribution in [1.29, 1.82) is 0 Å². The van der Waals surface area contributed by atoms with Gasteiger partial charge >= 0.3 is 0 Å². The summed E-state index contributed by atoms with van der Waals surface area (Å²) in [5.74, 6) is 0.0230. The maximum atomic E-state index is 13.4. The predicted octanol–water partition coefficient (Wildman–Crippen LogP) is 4.11. The van der Waals surface area contributed by atoms with Crippen LogP contribution >= 0.6 is 11.3 Å². The molecule has 1 amide bonds. The largest absolute Gasteiger partial charge is 0.494 e. The summed E-state index contributed by atoms with van der Waals surface area (Å²) in [7, 11) is -4.00. The van der Waals surface area contributed by atoms with Crippen LogP contribution in [0.5, 0.6) is 5.75 Å². The summed E-state index contributed by atoms with van der Waals surface area (Å²) in [6.45, 7) is 5.77. The Balaban J connectivity index is 1.84. The van der Waals surface area contributed by atoms with E-state index in [1.165, 1.54) is 23.5 Å². The van der Waals surface area contributed by atoms with E-state index in [9.17, 15) is 13.2 Å². The number of thiophene rings is 1. The van der Waals surface area contributed by atoms with Crippen LogP contribution in [0.4, 0.5) is 5.69 Å². The number of aryl methyl sites for hydroxylation is 2. The normalized spacial score (nSPS) is 11.5. The smallest absolute Gasteiger partial charge is 0.264 e. The van der Waals surface area contributed by atoms with Gasteiger partial charge in [0, 0.05) is 4.88 Å². The van der Waals surface area contributed by atoms with E-state index in [0.717, 1.165) is 20.3 Å². The van der Waals surface area contributed by atoms with E-state index in [1.807, 2.05) is 32.2 Å². The number of hydrazone groups is 1. The standard InChI is InChI=1S/C23H25N3O4S2/c1-4-30-20-9-11-21(12-10-20)32(28,29)26(19-7-5-17(2)6-8-19)16-23(27)25-24-15-22-18(3)13-14-31-22/h5-15H,4,16H2,1-3H3,(H,25,27)/b24-15-. The quantitative estimate of drug-likeness (QED) is 0.376. The molecule has 0 spiro atoms. The van der Waals surface area contributed by atoms with Crippen molar-refractivity contribution in [2.24, 2.45) is 5.10 Å². The zero-order chi connectivity index (χ0) is 23.1. The molecular weight excluding hydrogens is 446 g/mol. The van der Waals surface area contributed by atoms with E-state index in [4.69, 9.17) is 4.74 Å². The topological polar surface area (TPSA) is 88.1 Å². The van der Waals surface area contributed by atoms with Crippen LogP contribution in [0, 0.1) is 13.8 Å². The highest BCUT2D eigenvalue weighted by Crippen LogP contribution is 2.25. The Kier molecular flexibility index (Phi) is 7.66. The molecule has 0 unspecified atom stereocenters. The van der Waals surface area contributed by atoms with E-state index in [0.29, 0.717) is 18.0 Å². The number of sulfonamides is 1. The van der Waals surface area contributed by atoms with Crippen molar-refractivity contribution in [3.05, 3.63) is 76.0 Å². The van der Waals surface area contributed by atoms with E-state index < -0.39 is 22.5 Å². The van der Waals surface area contributed by atoms with Gasteiger partial charge in [0.25, 0.3) is 15.9 Å². The third kappa shape index (κ3) is 5.74. The molecule has 0 radical (unpaired) electrons. The van der Waals surface area contributed by atoms with Gasteiger partial charge in [-0.2, -0.15) is 5.10 Å². The molecule has 0 bridgehead atoms. The maximum Gasteiger partial charge on any atom is 0.264 e. The van der Waals surface area contributed by atoms with Crippen LogP contribution in [0.2, 0.25) is 0 Å². The Bertz CT molecular complexity index is 1180. The maximum absolute atomic E-state index is 13.4. The second-order valence-corrected chi connectivity index (χ2v) is 9.82. The van der Waals surface area contributed by atoms with E-state index in [1.54, 1.807) is 42.6 Å². The summed E-state index contributed by atoms with van der Waals surface area (Å²) in [6.07, 6.45) is 1.55. The van der Waals surface area contributed by atoms with Gasteiger partial charge in [-0.15, -0.1) is 11.3 Å². The molecule has 3 aromatic rings. The van der Waals surface area contributed by atoms with Gasteiger partial charge in [-0.1, -0.05) is 17.7 Å². The highest BCUT2D eigenvalue weighted by molar-refractivity contribution is 7.92. The third-order valence-electron chi connectivity index (χ3n) is 4.60. The highest BCUT2D eigenvalue weighted by atomic mass is 32.2. The summed E-state index contributed by atoms with van der Waals surface area (Å²) in [4.78, 5) is 13.6. The van der Waals surface area contributed by atoms with Gasteiger partial charge in [0.05, 0.1) is 23.4 Å². The Labute approximate surface area is 192 Å². The first-order valence-corrected chi connectivity index (χ1v) is 12.3. The van der Waals surface area contributed by atoms with Crippen molar-refractivity contribution < 1.29 is 17.9 Å². The van der Waals surface area contributed by atoms with Crippen molar-refractivity contribution in [3.63, 3.8) is 0 Å². The zero-order valence-corrected chi connectivity index (χ0v) is 19.7. The lowest BCUT2D eigenvalue weighted by Crippen LogP contribution is -2.39. The van der Waals surface area contributed by atoms with Gasteiger partial charge in [0.1, 0.15) is 12.3 Å². The molecule has 7 nitrogen and oxygen atoms in total. The van der Waals surface area contributed by atoms with Gasteiger partial charge in [-0.25, -0.2) is 13.8 Å². The average Bonchev–Trinajstić information content (AvgIpc) is 3.18. The summed E-state index contributed by atoms with van der Waals surface area (Å²) < 4.78 is 33.3. The molecule has 0 aliphatic heterocycles. The summed E-state index contributed by atoms with van der Waals surface area (Å²) in [6, 6.07) is 15.0.